The van der Waals surface area contributed by atoms with E-state index in [4.69, 9.17) is 0 Å². The normalized spacial score (nSPS) is 10.8. The Bertz CT molecular complexity index is 752. The highest BCUT2D eigenvalue weighted by molar-refractivity contribution is 7.95. The van der Waals surface area contributed by atoms with Gasteiger partial charge in [0.25, 0.3) is 7.14 Å². The van der Waals surface area contributed by atoms with Crippen molar-refractivity contribution in [2.24, 2.45) is 0 Å². The van der Waals surface area contributed by atoms with Gasteiger partial charge in [-0.25, -0.2) is 0 Å². The first kappa shape index (κ1) is 17.9. The van der Waals surface area contributed by atoms with Crippen LogP contribution in [0.15, 0.2) is 60.7 Å². The summed E-state index contributed by atoms with van der Waals surface area (Å²) in [6.45, 7) is 4.54. The molecule has 0 unspecified atom stereocenters. The van der Waals surface area contributed by atoms with Crippen molar-refractivity contribution in [1.29, 1.82) is 0 Å². The molecule has 0 saturated heterocycles. The molecule has 0 aliphatic rings. The zero-order valence-electron chi connectivity index (χ0n) is 13.8. The predicted molar refractivity (Wildman–Crippen MR) is 96.3 cm³/mol. The van der Waals surface area contributed by atoms with E-state index >= 15 is 0 Å². The summed E-state index contributed by atoms with van der Waals surface area (Å²) in [7, 11) is -3.56. The molecule has 0 fully saturated rings. The quantitative estimate of drug-likeness (QED) is 0.350. The van der Waals surface area contributed by atoms with Crippen LogP contribution >= 0.6 is 7.14 Å². The number of hydrogen-bond donors (Lipinski definition) is 0. The fraction of sp³-hybridized carbons (Fsp3) is 0.222. The number of amides is 1. The highest BCUT2D eigenvalue weighted by atomic mass is 31.2. The van der Waals surface area contributed by atoms with E-state index in [0.717, 1.165) is 0 Å². The fourth-order valence-electron chi connectivity index (χ4n) is 2.56. The number of carbonyl (C=O) groups is 1. The first-order valence-corrected chi connectivity index (χ1v) is 9.53. The summed E-state index contributed by atoms with van der Waals surface area (Å²) in [5.74, 6) is -0.515. The summed E-state index contributed by atoms with van der Waals surface area (Å²) in [5.41, 5.74) is 9.25. The molecule has 0 radical (unpaired) electrons. The lowest BCUT2D eigenvalue weighted by atomic mass is 10.4. The lowest BCUT2D eigenvalue weighted by molar-refractivity contribution is -0.127. The molecule has 0 atom stereocenters. The Morgan fingerprint density at radius 3 is 1.71 bits per heavy atom. The molecule has 0 aliphatic heterocycles. The smallest absolute Gasteiger partial charge is 0.360 e. The van der Waals surface area contributed by atoms with E-state index in [9.17, 15) is 14.9 Å². The number of carbonyl (C=O) groups excluding carboxylic acids is 1. The van der Waals surface area contributed by atoms with E-state index in [0.29, 0.717) is 23.7 Å². The van der Waals surface area contributed by atoms with E-state index < -0.39 is 13.0 Å². The van der Waals surface area contributed by atoms with Crippen LogP contribution in [0.2, 0.25) is 0 Å². The molecule has 2 aromatic carbocycles. The van der Waals surface area contributed by atoms with Crippen molar-refractivity contribution in [3.63, 3.8) is 0 Å². The molecule has 0 aromatic heterocycles. The summed E-state index contributed by atoms with van der Waals surface area (Å²) in [5, 5.41) is 0.925. The van der Waals surface area contributed by atoms with Crippen LogP contribution < -0.4 is 10.6 Å². The third-order valence-electron chi connectivity index (χ3n) is 3.87. The summed E-state index contributed by atoms with van der Waals surface area (Å²) in [6.07, 6.45) is 0. The first-order valence-electron chi connectivity index (χ1n) is 7.82. The Kier molecular flexibility index (Phi) is 5.86. The van der Waals surface area contributed by atoms with Crippen LogP contribution in [-0.4, -0.2) is 34.1 Å². The summed E-state index contributed by atoms with van der Waals surface area (Å²) in [6, 6.07) is 17.4. The monoisotopic (exact) mass is 341 g/mol. The maximum absolute atomic E-state index is 14.0. The van der Waals surface area contributed by atoms with Gasteiger partial charge in [0.1, 0.15) is 0 Å². The molecule has 5 nitrogen and oxygen atoms in total. The summed E-state index contributed by atoms with van der Waals surface area (Å²) >= 11 is 0. The first-order chi connectivity index (χ1) is 11.6. The van der Waals surface area contributed by atoms with Crippen molar-refractivity contribution >= 4 is 29.1 Å². The Hall–Kier alpha value is -2.48. The second-order valence-corrected chi connectivity index (χ2v) is 7.86. The Morgan fingerprint density at radius 2 is 1.38 bits per heavy atom. The van der Waals surface area contributed by atoms with Crippen LogP contribution in [0.1, 0.15) is 13.8 Å². The van der Waals surface area contributed by atoms with Gasteiger partial charge in [-0.2, -0.15) is 4.79 Å². The zero-order valence-corrected chi connectivity index (χ0v) is 14.7. The highest BCUT2D eigenvalue weighted by Crippen LogP contribution is 2.44. The van der Waals surface area contributed by atoms with Gasteiger partial charge in [0.15, 0.2) is 0 Å². The highest BCUT2D eigenvalue weighted by Gasteiger charge is 2.46. The van der Waals surface area contributed by atoms with Crippen LogP contribution in [0.25, 0.3) is 5.53 Å². The van der Waals surface area contributed by atoms with Gasteiger partial charge in [-0.3, -0.25) is 4.79 Å². The lowest BCUT2D eigenvalue weighted by Crippen LogP contribution is -2.40. The molecule has 0 heterocycles. The van der Waals surface area contributed by atoms with Crippen LogP contribution in [0, 0.1) is 0 Å². The van der Waals surface area contributed by atoms with Crippen LogP contribution in [0.3, 0.4) is 0 Å². The fourth-order valence-corrected chi connectivity index (χ4v) is 5.07. The summed E-state index contributed by atoms with van der Waals surface area (Å²) in [4.78, 5) is 17.5. The average molecular weight is 341 g/mol. The Labute approximate surface area is 141 Å². The van der Waals surface area contributed by atoms with E-state index in [1.54, 1.807) is 60.7 Å². The third kappa shape index (κ3) is 3.23. The Morgan fingerprint density at radius 1 is 0.958 bits per heavy atom. The van der Waals surface area contributed by atoms with Crippen LogP contribution in [0.5, 0.6) is 0 Å². The molecular formula is C18H20N3O2P. The molecule has 24 heavy (non-hydrogen) atoms. The van der Waals surface area contributed by atoms with Gasteiger partial charge in [0.2, 0.25) is 0 Å². The molecule has 2 aromatic rings. The molecule has 2 rings (SSSR count). The molecule has 0 N–H and O–H groups in total. The largest absolute Gasteiger partial charge is 0.419 e. The zero-order chi connectivity index (χ0) is 17.6. The van der Waals surface area contributed by atoms with Crippen molar-refractivity contribution < 1.29 is 14.1 Å². The minimum atomic E-state index is -3.56. The summed E-state index contributed by atoms with van der Waals surface area (Å²) < 4.78 is 14.0. The third-order valence-corrected chi connectivity index (χ3v) is 6.80. The van der Waals surface area contributed by atoms with Gasteiger partial charge < -0.3 is 15.0 Å². The maximum Gasteiger partial charge on any atom is 0.419 e. The number of hydrogen-bond acceptors (Lipinski definition) is 2. The number of rotatable bonds is 6. The second-order valence-electron chi connectivity index (χ2n) is 5.18. The number of benzene rings is 2. The van der Waals surface area contributed by atoms with E-state index in [1.807, 2.05) is 13.8 Å². The van der Waals surface area contributed by atoms with Crippen molar-refractivity contribution in [3.8, 4) is 0 Å². The van der Waals surface area contributed by atoms with Crippen LogP contribution in [-0.2, 0) is 9.36 Å². The molecule has 0 spiro atoms. The second kappa shape index (κ2) is 7.87. The van der Waals surface area contributed by atoms with Gasteiger partial charge in [-0.05, 0) is 13.8 Å². The minimum absolute atomic E-state index is 0.316. The van der Waals surface area contributed by atoms with Crippen molar-refractivity contribution in [1.82, 2.24) is 4.90 Å². The lowest BCUT2D eigenvalue weighted by Gasteiger charge is -2.20. The van der Waals surface area contributed by atoms with E-state index in [1.165, 1.54) is 4.90 Å². The minimum Gasteiger partial charge on any atom is -0.360 e. The van der Waals surface area contributed by atoms with E-state index in [2.05, 4.69) is 4.79 Å². The molecule has 0 saturated carbocycles. The maximum atomic E-state index is 14.0. The topological polar surface area (TPSA) is 73.8 Å². The van der Waals surface area contributed by atoms with Gasteiger partial charge in [-0.15, -0.1) is 0 Å². The van der Waals surface area contributed by atoms with Crippen LogP contribution in [0.4, 0.5) is 0 Å². The standard InChI is InChI=1S/C18H20N3O2P/c1-3-21(4-2)18(22)17(20-19)24(23,15-11-7-5-8-12-15)16-13-9-6-10-14-16/h5-14H,3-4H2,1-2H3. The van der Waals surface area contributed by atoms with Gasteiger partial charge in [0.05, 0.1) is 0 Å². The molecule has 6 heteroatoms. The molecule has 0 bridgehead atoms. The van der Waals surface area contributed by atoms with Gasteiger partial charge >= 0.3 is 11.4 Å². The molecule has 0 aliphatic carbocycles. The average Bonchev–Trinajstić information content (AvgIpc) is 2.64. The van der Waals surface area contributed by atoms with Crippen molar-refractivity contribution in [2.75, 3.05) is 13.1 Å². The van der Waals surface area contributed by atoms with Gasteiger partial charge in [0, 0.05) is 23.7 Å². The molecule has 124 valence electrons. The van der Waals surface area contributed by atoms with Gasteiger partial charge in [-0.1, -0.05) is 60.7 Å². The molecular weight excluding hydrogens is 321 g/mol. The van der Waals surface area contributed by atoms with Crippen molar-refractivity contribution in [3.05, 3.63) is 66.2 Å². The predicted octanol–water partition coefficient (Wildman–Crippen LogP) is 2.50. The van der Waals surface area contributed by atoms with Crippen molar-refractivity contribution in [2.45, 2.75) is 13.8 Å². The SMILES string of the molecule is CCN(CC)C(=O)C(=[N+]=[N-])P(=O)(c1ccccc1)c1ccccc1. The number of nitrogens with zero attached hydrogens (tertiary/aromatic N) is 3. The molecule has 1 amide bonds. The van der Waals surface area contributed by atoms with E-state index in [-0.39, 0.29) is 5.45 Å². The Balaban J connectivity index is 2.70.